The molecule has 6 heteroatoms. The van der Waals surface area contributed by atoms with Crippen LogP contribution in [0.1, 0.15) is 19.8 Å². The lowest BCUT2D eigenvalue weighted by Gasteiger charge is -2.27. The average Bonchev–Trinajstić information content (AvgIpc) is 2.14. The van der Waals surface area contributed by atoms with Gasteiger partial charge in [-0.15, -0.1) is 0 Å². The second-order valence-corrected chi connectivity index (χ2v) is 5.82. The highest BCUT2D eigenvalue weighted by Gasteiger charge is 2.23. The average molecular weight is 236 g/mol. The Balaban J connectivity index is 2.39. The van der Waals surface area contributed by atoms with E-state index in [-0.39, 0.29) is 17.9 Å². The maximum atomic E-state index is 11.6. The summed E-state index contributed by atoms with van der Waals surface area (Å²) < 4.78 is 31.2. The molecule has 1 rings (SSSR count). The molecule has 1 fully saturated rings. The molecule has 0 amide bonds. The van der Waals surface area contributed by atoms with E-state index in [1.54, 1.807) is 7.05 Å². The van der Waals surface area contributed by atoms with Crippen molar-refractivity contribution in [2.24, 2.45) is 0 Å². The van der Waals surface area contributed by atoms with Gasteiger partial charge in [0.2, 0.25) is 10.0 Å². The van der Waals surface area contributed by atoms with Crippen LogP contribution in [0.4, 0.5) is 0 Å². The van der Waals surface area contributed by atoms with Crippen molar-refractivity contribution >= 4 is 10.0 Å². The minimum absolute atomic E-state index is 0.0376. The van der Waals surface area contributed by atoms with Gasteiger partial charge in [-0.05, 0) is 26.8 Å². The SMILES string of the molecule is CNCCS(=O)(=O)NC1CCOC(C)C1. The van der Waals surface area contributed by atoms with E-state index in [4.69, 9.17) is 4.74 Å². The number of ether oxygens (including phenoxy) is 1. The maximum absolute atomic E-state index is 11.6. The molecule has 1 saturated heterocycles. The predicted molar refractivity (Wildman–Crippen MR) is 59.3 cm³/mol. The van der Waals surface area contributed by atoms with E-state index in [1.165, 1.54) is 0 Å². The van der Waals surface area contributed by atoms with Crippen molar-refractivity contribution in [2.75, 3.05) is 26.0 Å². The zero-order valence-electron chi connectivity index (χ0n) is 9.32. The summed E-state index contributed by atoms with van der Waals surface area (Å²) >= 11 is 0. The standard InChI is InChI=1S/C9H20N2O3S/c1-8-7-9(3-5-14-8)11-15(12,13)6-4-10-2/h8-11H,3-7H2,1-2H3. The highest BCUT2D eigenvalue weighted by Crippen LogP contribution is 2.13. The Morgan fingerprint density at radius 3 is 2.80 bits per heavy atom. The van der Waals surface area contributed by atoms with Crippen LogP contribution in [0.3, 0.4) is 0 Å². The van der Waals surface area contributed by atoms with E-state index >= 15 is 0 Å². The molecule has 0 aromatic rings. The smallest absolute Gasteiger partial charge is 0.213 e. The van der Waals surface area contributed by atoms with Crippen molar-refractivity contribution < 1.29 is 13.2 Å². The molecule has 0 saturated carbocycles. The number of sulfonamides is 1. The molecule has 5 nitrogen and oxygen atoms in total. The van der Waals surface area contributed by atoms with Crippen molar-refractivity contribution in [3.05, 3.63) is 0 Å². The van der Waals surface area contributed by atoms with E-state index in [0.717, 1.165) is 12.8 Å². The molecular weight excluding hydrogens is 216 g/mol. The van der Waals surface area contributed by atoms with Crippen molar-refractivity contribution in [2.45, 2.75) is 31.9 Å². The van der Waals surface area contributed by atoms with Crippen LogP contribution in [0, 0.1) is 0 Å². The third-order valence-corrected chi connectivity index (χ3v) is 3.89. The lowest BCUT2D eigenvalue weighted by molar-refractivity contribution is 0.0173. The summed E-state index contributed by atoms with van der Waals surface area (Å²) in [5.74, 6) is 0.134. The molecule has 0 aliphatic carbocycles. The fourth-order valence-corrected chi connectivity index (χ4v) is 2.97. The van der Waals surface area contributed by atoms with Gasteiger partial charge < -0.3 is 10.1 Å². The summed E-state index contributed by atoms with van der Waals surface area (Å²) in [5.41, 5.74) is 0. The first-order valence-electron chi connectivity index (χ1n) is 5.29. The molecule has 1 aliphatic rings. The van der Waals surface area contributed by atoms with Crippen LogP contribution in [0.5, 0.6) is 0 Å². The Morgan fingerprint density at radius 1 is 1.47 bits per heavy atom. The highest BCUT2D eigenvalue weighted by molar-refractivity contribution is 7.89. The van der Waals surface area contributed by atoms with Gasteiger partial charge >= 0.3 is 0 Å². The minimum atomic E-state index is -3.13. The number of nitrogens with one attached hydrogen (secondary N) is 2. The largest absolute Gasteiger partial charge is 0.378 e. The monoisotopic (exact) mass is 236 g/mol. The van der Waals surface area contributed by atoms with E-state index < -0.39 is 10.0 Å². The molecule has 15 heavy (non-hydrogen) atoms. The zero-order valence-corrected chi connectivity index (χ0v) is 10.1. The van der Waals surface area contributed by atoms with E-state index in [2.05, 4.69) is 10.0 Å². The van der Waals surface area contributed by atoms with E-state index in [9.17, 15) is 8.42 Å². The Kier molecular flexibility index (Phi) is 4.98. The van der Waals surface area contributed by atoms with Crippen molar-refractivity contribution in [1.82, 2.24) is 10.0 Å². The second kappa shape index (κ2) is 5.79. The molecule has 0 radical (unpaired) electrons. The van der Waals surface area contributed by atoms with Crippen molar-refractivity contribution in [1.29, 1.82) is 0 Å². The zero-order chi connectivity index (χ0) is 11.3. The normalized spacial score (nSPS) is 27.9. The van der Waals surface area contributed by atoms with Crippen LogP contribution in [0.25, 0.3) is 0 Å². The summed E-state index contributed by atoms with van der Waals surface area (Å²) in [6.45, 7) is 3.09. The molecule has 0 aromatic carbocycles. The lowest BCUT2D eigenvalue weighted by atomic mass is 10.1. The highest BCUT2D eigenvalue weighted by atomic mass is 32.2. The van der Waals surface area contributed by atoms with Gasteiger partial charge in [-0.2, -0.15) is 0 Å². The Bertz CT molecular complexity index is 279. The van der Waals surface area contributed by atoms with E-state index in [0.29, 0.717) is 13.2 Å². The fraction of sp³-hybridized carbons (Fsp3) is 1.00. The van der Waals surface area contributed by atoms with Gasteiger partial charge in [0.25, 0.3) is 0 Å². The Labute approximate surface area is 91.6 Å². The first-order chi connectivity index (χ1) is 7.03. The van der Waals surface area contributed by atoms with Crippen LogP contribution < -0.4 is 10.0 Å². The third-order valence-electron chi connectivity index (χ3n) is 2.45. The first kappa shape index (κ1) is 12.9. The molecule has 2 atom stereocenters. The summed E-state index contributed by atoms with van der Waals surface area (Å²) in [7, 11) is -1.39. The van der Waals surface area contributed by atoms with Gasteiger partial charge in [0.1, 0.15) is 0 Å². The second-order valence-electron chi connectivity index (χ2n) is 3.94. The molecule has 0 aromatic heterocycles. The van der Waals surface area contributed by atoms with Crippen LogP contribution in [0.15, 0.2) is 0 Å². The Morgan fingerprint density at radius 2 is 2.20 bits per heavy atom. The molecule has 2 unspecified atom stereocenters. The van der Waals surface area contributed by atoms with Gasteiger partial charge in [0, 0.05) is 19.2 Å². The van der Waals surface area contributed by atoms with Gasteiger partial charge in [0.05, 0.1) is 11.9 Å². The van der Waals surface area contributed by atoms with Gasteiger partial charge in [0.15, 0.2) is 0 Å². The first-order valence-corrected chi connectivity index (χ1v) is 6.95. The molecular formula is C9H20N2O3S. The van der Waals surface area contributed by atoms with Crippen LogP contribution in [0.2, 0.25) is 0 Å². The number of hydrogen-bond acceptors (Lipinski definition) is 4. The summed E-state index contributed by atoms with van der Waals surface area (Å²) in [5, 5.41) is 2.83. The Hall–Kier alpha value is -0.170. The molecule has 90 valence electrons. The van der Waals surface area contributed by atoms with Crippen LogP contribution >= 0.6 is 0 Å². The third kappa shape index (κ3) is 4.92. The van der Waals surface area contributed by atoms with Crippen molar-refractivity contribution in [3.8, 4) is 0 Å². The summed E-state index contributed by atoms with van der Waals surface area (Å²) in [4.78, 5) is 0. The van der Waals surface area contributed by atoms with E-state index in [1.807, 2.05) is 6.92 Å². The van der Waals surface area contributed by atoms with Crippen molar-refractivity contribution in [3.63, 3.8) is 0 Å². The topological polar surface area (TPSA) is 67.4 Å². The summed E-state index contributed by atoms with van der Waals surface area (Å²) in [6, 6.07) is 0.0376. The fourth-order valence-electron chi connectivity index (χ4n) is 1.65. The number of hydrogen-bond donors (Lipinski definition) is 2. The van der Waals surface area contributed by atoms with Crippen LogP contribution in [-0.2, 0) is 14.8 Å². The molecule has 0 bridgehead atoms. The lowest BCUT2D eigenvalue weighted by Crippen LogP contribution is -2.43. The molecule has 1 heterocycles. The quantitative estimate of drug-likeness (QED) is 0.687. The maximum Gasteiger partial charge on any atom is 0.213 e. The molecule has 0 spiro atoms. The van der Waals surface area contributed by atoms with Gasteiger partial charge in [-0.25, -0.2) is 13.1 Å². The summed E-state index contributed by atoms with van der Waals surface area (Å²) in [6.07, 6.45) is 1.68. The molecule has 1 aliphatic heterocycles. The van der Waals surface area contributed by atoms with Gasteiger partial charge in [-0.3, -0.25) is 0 Å². The number of rotatable bonds is 5. The van der Waals surface area contributed by atoms with Crippen LogP contribution in [-0.4, -0.2) is 46.5 Å². The van der Waals surface area contributed by atoms with Gasteiger partial charge in [-0.1, -0.05) is 0 Å². The molecule has 2 N–H and O–H groups in total. The minimum Gasteiger partial charge on any atom is -0.378 e. The predicted octanol–water partition coefficient (Wildman–Crippen LogP) is -0.307.